The van der Waals surface area contributed by atoms with Gasteiger partial charge in [0.25, 0.3) is 11.7 Å². The van der Waals surface area contributed by atoms with Gasteiger partial charge < -0.3 is 14.1 Å². The number of nitrogens with zero attached hydrogens (tertiary/aromatic N) is 4. The van der Waals surface area contributed by atoms with E-state index in [4.69, 9.17) is 9.15 Å². The van der Waals surface area contributed by atoms with Crippen molar-refractivity contribution >= 4 is 50.9 Å². The smallest absolute Gasteiger partial charge is 0.339 e. The molecule has 1 aliphatic heterocycles. The standard InChI is InChI=1S/C23H17IN4O5/c24-14-6-7-18-17(10-14)22(30)23(31)28(18)9-3-8-27-12-15(25-26-27)13-32-20-11-21(29)33-19-5-2-1-4-16(19)20/h1-2,4-7,10-12H,3,8-9,13H2. The van der Waals surface area contributed by atoms with Crippen LogP contribution in [0.25, 0.3) is 11.0 Å². The number of rotatable bonds is 7. The van der Waals surface area contributed by atoms with E-state index in [0.717, 1.165) is 3.57 Å². The highest BCUT2D eigenvalue weighted by atomic mass is 127. The zero-order valence-electron chi connectivity index (χ0n) is 17.2. The molecule has 0 saturated heterocycles. The average Bonchev–Trinajstić information content (AvgIpc) is 3.35. The molecule has 5 rings (SSSR count). The van der Waals surface area contributed by atoms with E-state index in [0.29, 0.717) is 53.2 Å². The molecule has 0 radical (unpaired) electrons. The molecule has 0 atom stereocenters. The van der Waals surface area contributed by atoms with E-state index >= 15 is 0 Å². The lowest BCUT2D eigenvalue weighted by Gasteiger charge is -2.16. The molecule has 166 valence electrons. The molecule has 0 N–H and O–H groups in total. The fourth-order valence-corrected chi connectivity index (χ4v) is 4.24. The Hall–Kier alpha value is -3.54. The highest BCUT2D eigenvalue weighted by Gasteiger charge is 2.35. The molecule has 0 bridgehead atoms. The van der Waals surface area contributed by atoms with Crippen molar-refractivity contribution in [1.82, 2.24) is 15.0 Å². The topological polar surface area (TPSA) is 108 Å². The molecule has 1 amide bonds. The number of hydrogen-bond donors (Lipinski definition) is 0. The van der Waals surface area contributed by atoms with Crippen molar-refractivity contribution in [2.24, 2.45) is 0 Å². The van der Waals surface area contributed by atoms with Gasteiger partial charge in [-0.1, -0.05) is 17.3 Å². The summed E-state index contributed by atoms with van der Waals surface area (Å²) in [5.41, 5.74) is 1.67. The summed E-state index contributed by atoms with van der Waals surface area (Å²) in [5, 5.41) is 8.90. The molecule has 10 heteroatoms. The minimum absolute atomic E-state index is 0.137. The first-order valence-corrected chi connectivity index (χ1v) is 11.3. The zero-order valence-corrected chi connectivity index (χ0v) is 19.4. The first-order valence-electron chi connectivity index (χ1n) is 10.2. The molecule has 33 heavy (non-hydrogen) atoms. The minimum atomic E-state index is -0.501. The zero-order chi connectivity index (χ0) is 22.9. The van der Waals surface area contributed by atoms with Crippen LogP contribution in [-0.4, -0.2) is 33.2 Å². The molecule has 4 aromatic rings. The number of anilines is 1. The van der Waals surface area contributed by atoms with Crippen LogP contribution < -0.4 is 15.3 Å². The van der Waals surface area contributed by atoms with Crippen LogP contribution in [0.1, 0.15) is 22.5 Å². The van der Waals surface area contributed by atoms with Gasteiger partial charge in [-0.15, -0.1) is 5.10 Å². The number of halogens is 1. The maximum absolute atomic E-state index is 12.4. The van der Waals surface area contributed by atoms with Crippen LogP contribution >= 0.6 is 22.6 Å². The Morgan fingerprint density at radius 3 is 2.76 bits per heavy atom. The van der Waals surface area contributed by atoms with E-state index in [1.54, 1.807) is 35.1 Å². The lowest BCUT2D eigenvalue weighted by atomic mass is 10.1. The summed E-state index contributed by atoms with van der Waals surface area (Å²) in [6.45, 7) is 1.05. The van der Waals surface area contributed by atoms with Crippen molar-refractivity contribution in [2.75, 3.05) is 11.4 Å². The van der Waals surface area contributed by atoms with Gasteiger partial charge in [0, 0.05) is 16.7 Å². The highest BCUT2D eigenvalue weighted by molar-refractivity contribution is 14.1. The lowest BCUT2D eigenvalue weighted by Crippen LogP contribution is -2.31. The normalized spacial score (nSPS) is 13.1. The molecule has 3 heterocycles. The van der Waals surface area contributed by atoms with E-state index in [1.807, 2.05) is 18.2 Å². The van der Waals surface area contributed by atoms with Crippen molar-refractivity contribution in [3.05, 3.63) is 80.0 Å². The fraction of sp³-hybridized carbons (Fsp3) is 0.174. The molecule has 9 nitrogen and oxygen atoms in total. The van der Waals surface area contributed by atoms with Gasteiger partial charge in [0.1, 0.15) is 23.6 Å². The van der Waals surface area contributed by atoms with Crippen LogP contribution in [0.5, 0.6) is 5.75 Å². The predicted octanol–water partition coefficient (Wildman–Crippen LogP) is 3.19. The summed E-state index contributed by atoms with van der Waals surface area (Å²) in [5.74, 6) is -0.549. The third-order valence-corrected chi connectivity index (χ3v) is 5.95. The Bertz CT molecular complexity index is 1440. The minimum Gasteiger partial charge on any atom is -0.486 e. The van der Waals surface area contributed by atoms with Gasteiger partial charge in [0.2, 0.25) is 0 Å². The molecule has 2 aromatic carbocycles. The number of aromatic nitrogens is 3. The first kappa shape index (κ1) is 21.3. The molecule has 0 aliphatic carbocycles. The number of carbonyl (C=O) groups is 2. The molecule has 1 aliphatic rings. The third kappa shape index (κ3) is 4.25. The molecule has 0 saturated carbocycles. The second kappa shape index (κ2) is 8.77. The highest BCUT2D eigenvalue weighted by Crippen LogP contribution is 2.30. The molecular formula is C23H17IN4O5. The maximum atomic E-state index is 12.4. The SMILES string of the molecule is O=C1C(=O)N(CCCn2cc(COc3cc(=O)oc4ccccc34)nn2)c2ccc(I)cc21. The van der Waals surface area contributed by atoms with Gasteiger partial charge in [0.05, 0.1) is 28.9 Å². The van der Waals surface area contributed by atoms with Crippen molar-refractivity contribution in [3.8, 4) is 5.75 Å². The van der Waals surface area contributed by atoms with Gasteiger partial charge in [0.15, 0.2) is 0 Å². The Balaban J connectivity index is 1.20. The summed E-state index contributed by atoms with van der Waals surface area (Å²) in [4.78, 5) is 37.8. The van der Waals surface area contributed by atoms with Crippen LogP contribution in [0.3, 0.4) is 0 Å². The average molecular weight is 556 g/mol. The van der Waals surface area contributed by atoms with E-state index < -0.39 is 17.3 Å². The summed E-state index contributed by atoms with van der Waals surface area (Å²) >= 11 is 2.12. The second-order valence-electron chi connectivity index (χ2n) is 7.49. The summed E-state index contributed by atoms with van der Waals surface area (Å²) in [6.07, 6.45) is 2.35. The van der Waals surface area contributed by atoms with Crippen LogP contribution in [0.15, 0.2) is 63.9 Å². The van der Waals surface area contributed by atoms with Crippen LogP contribution in [-0.2, 0) is 17.9 Å². The van der Waals surface area contributed by atoms with Crippen LogP contribution in [0, 0.1) is 3.57 Å². The van der Waals surface area contributed by atoms with Gasteiger partial charge in [-0.05, 0) is 59.3 Å². The Kier molecular flexibility index (Phi) is 5.67. The van der Waals surface area contributed by atoms with Gasteiger partial charge >= 0.3 is 5.63 Å². The van der Waals surface area contributed by atoms with Crippen LogP contribution in [0.4, 0.5) is 5.69 Å². The lowest BCUT2D eigenvalue weighted by molar-refractivity contribution is -0.114. The number of ketones is 1. The first-order chi connectivity index (χ1) is 16.0. The molecule has 0 fully saturated rings. The Morgan fingerprint density at radius 2 is 1.88 bits per heavy atom. The predicted molar refractivity (Wildman–Crippen MR) is 127 cm³/mol. The number of ether oxygens (including phenoxy) is 1. The van der Waals surface area contributed by atoms with Crippen LogP contribution in [0.2, 0.25) is 0 Å². The molecule has 2 aromatic heterocycles. The number of fused-ring (bicyclic) bond motifs is 2. The number of para-hydroxylation sites is 1. The summed E-state index contributed by atoms with van der Waals surface area (Å²) in [7, 11) is 0. The van der Waals surface area contributed by atoms with Gasteiger partial charge in [-0.2, -0.15) is 0 Å². The molecular weight excluding hydrogens is 539 g/mol. The summed E-state index contributed by atoms with van der Waals surface area (Å²) in [6, 6.07) is 13.9. The number of aryl methyl sites for hydroxylation is 1. The van der Waals surface area contributed by atoms with Crippen molar-refractivity contribution in [3.63, 3.8) is 0 Å². The van der Waals surface area contributed by atoms with Crippen molar-refractivity contribution in [2.45, 2.75) is 19.6 Å². The Labute approximate surface area is 201 Å². The van der Waals surface area contributed by atoms with Gasteiger partial charge in [-0.3, -0.25) is 14.3 Å². The van der Waals surface area contributed by atoms with E-state index in [9.17, 15) is 14.4 Å². The van der Waals surface area contributed by atoms with E-state index in [-0.39, 0.29) is 6.61 Å². The molecule has 0 unspecified atom stereocenters. The third-order valence-electron chi connectivity index (χ3n) is 5.28. The second-order valence-corrected chi connectivity index (χ2v) is 8.73. The largest absolute Gasteiger partial charge is 0.486 e. The van der Waals surface area contributed by atoms with Crippen molar-refractivity contribution in [1.29, 1.82) is 0 Å². The van der Waals surface area contributed by atoms with E-state index in [1.165, 1.54) is 11.0 Å². The quantitative estimate of drug-likeness (QED) is 0.196. The molecule has 0 spiro atoms. The number of carbonyl (C=O) groups excluding carboxylic acids is 2. The number of amides is 1. The summed E-state index contributed by atoms with van der Waals surface area (Å²) < 4.78 is 13.5. The monoisotopic (exact) mass is 556 g/mol. The maximum Gasteiger partial charge on any atom is 0.339 e. The number of hydrogen-bond acceptors (Lipinski definition) is 7. The fourth-order valence-electron chi connectivity index (χ4n) is 3.75. The van der Waals surface area contributed by atoms with Gasteiger partial charge in [-0.25, -0.2) is 4.79 Å². The van der Waals surface area contributed by atoms with E-state index in [2.05, 4.69) is 32.9 Å². The number of benzene rings is 2. The Morgan fingerprint density at radius 1 is 1.03 bits per heavy atom. The number of Topliss-reactive ketones (excluding diaryl/α,β-unsaturated/α-hetero) is 1. The van der Waals surface area contributed by atoms with Crippen molar-refractivity contribution < 1.29 is 18.7 Å².